The third kappa shape index (κ3) is 22.5. The second-order valence-electron chi connectivity index (χ2n) is 2.91. The van der Waals surface area contributed by atoms with E-state index >= 15 is 0 Å². The van der Waals surface area contributed by atoms with E-state index in [1.165, 1.54) is 25.9 Å². The number of aliphatic hydroxyl groups excluding tert-OH is 1. The number of hydrogen-bond acceptors (Lipinski definition) is 3. The van der Waals surface area contributed by atoms with Crippen LogP contribution in [0.4, 0.5) is 0 Å². The van der Waals surface area contributed by atoms with Crippen LogP contribution in [0.5, 0.6) is 0 Å². The SMILES string of the molecule is CC(N)CO.CCCNCCC. The first-order chi connectivity index (χ1) is 5.68. The van der Waals surface area contributed by atoms with Crippen LogP contribution >= 0.6 is 0 Å². The van der Waals surface area contributed by atoms with Crippen LogP contribution in [0, 0.1) is 0 Å². The summed E-state index contributed by atoms with van der Waals surface area (Å²) in [5.41, 5.74) is 5.04. The van der Waals surface area contributed by atoms with Gasteiger partial charge >= 0.3 is 0 Å². The molecule has 0 rings (SSSR count). The van der Waals surface area contributed by atoms with Gasteiger partial charge in [0.25, 0.3) is 0 Å². The quantitative estimate of drug-likeness (QED) is 0.541. The fourth-order valence-electron chi connectivity index (χ4n) is 0.479. The fraction of sp³-hybridized carbons (Fsp3) is 1.00. The maximum Gasteiger partial charge on any atom is 0.0579 e. The molecule has 0 aromatic rings. The molecule has 0 spiro atoms. The van der Waals surface area contributed by atoms with E-state index in [9.17, 15) is 0 Å². The van der Waals surface area contributed by atoms with Crippen LogP contribution in [0.2, 0.25) is 0 Å². The van der Waals surface area contributed by atoms with E-state index in [0.29, 0.717) is 0 Å². The zero-order chi connectivity index (χ0) is 9.82. The van der Waals surface area contributed by atoms with Crippen molar-refractivity contribution in [2.75, 3.05) is 19.7 Å². The zero-order valence-electron chi connectivity index (χ0n) is 8.64. The van der Waals surface area contributed by atoms with E-state index in [-0.39, 0.29) is 12.6 Å². The molecule has 3 nitrogen and oxygen atoms in total. The monoisotopic (exact) mass is 176 g/mol. The molecule has 4 N–H and O–H groups in total. The van der Waals surface area contributed by atoms with Crippen molar-refractivity contribution in [3.05, 3.63) is 0 Å². The summed E-state index contributed by atoms with van der Waals surface area (Å²) >= 11 is 0. The molecule has 0 saturated carbocycles. The van der Waals surface area contributed by atoms with Gasteiger partial charge < -0.3 is 16.2 Å². The minimum atomic E-state index is -0.0602. The van der Waals surface area contributed by atoms with Crippen LogP contribution in [-0.2, 0) is 0 Å². The molecule has 0 aromatic carbocycles. The smallest absolute Gasteiger partial charge is 0.0579 e. The third-order valence-corrected chi connectivity index (χ3v) is 1.14. The van der Waals surface area contributed by atoms with E-state index in [0.717, 1.165) is 0 Å². The molecule has 12 heavy (non-hydrogen) atoms. The molecule has 0 saturated heterocycles. The van der Waals surface area contributed by atoms with Gasteiger partial charge in [0, 0.05) is 6.04 Å². The predicted octanol–water partition coefficient (Wildman–Crippen LogP) is 0.722. The fourth-order valence-corrected chi connectivity index (χ4v) is 0.479. The first-order valence-corrected chi connectivity index (χ1v) is 4.76. The molecule has 0 aromatic heterocycles. The molecule has 0 amide bonds. The van der Waals surface area contributed by atoms with E-state index in [1.54, 1.807) is 6.92 Å². The topological polar surface area (TPSA) is 58.3 Å². The second kappa shape index (κ2) is 13.5. The van der Waals surface area contributed by atoms with Gasteiger partial charge in [-0.25, -0.2) is 0 Å². The Balaban J connectivity index is 0. The van der Waals surface area contributed by atoms with Gasteiger partial charge in [0.1, 0.15) is 0 Å². The Morgan fingerprint density at radius 1 is 1.25 bits per heavy atom. The van der Waals surface area contributed by atoms with E-state index in [1.807, 2.05) is 0 Å². The average Bonchev–Trinajstić information content (AvgIpc) is 2.07. The lowest BCUT2D eigenvalue weighted by molar-refractivity contribution is 0.273. The van der Waals surface area contributed by atoms with E-state index < -0.39 is 0 Å². The van der Waals surface area contributed by atoms with Crippen molar-refractivity contribution in [2.45, 2.75) is 39.7 Å². The number of rotatable bonds is 5. The van der Waals surface area contributed by atoms with Crippen LogP contribution in [0.15, 0.2) is 0 Å². The molecule has 0 aliphatic carbocycles. The Morgan fingerprint density at radius 2 is 1.58 bits per heavy atom. The van der Waals surface area contributed by atoms with Gasteiger partial charge in [-0.1, -0.05) is 13.8 Å². The highest BCUT2D eigenvalue weighted by Crippen LogP contribution is 1.71. The van der Waals surface area contributed by atoms with Crippen LogP contribution in [0.1, 0.15) is 33.6 Å². The van der Waals surface area contributed by atoms with Crippen molar-refractivity contribution in [1.29, 1.82) is 0 Å². The van der Waals surface area contributed by atoms with Gasteiger partial charge in [-0.05, 0) is 32.9 Å². The maximum absolute atomic E-state index is 8.02. The molecule has 0 radical (unpaired) electrons. The molecule has 3 heteroatoms. The highest BCUT2D eigenvalue weighted by molar-refractivity contribution is 4.43. The predicted molar refractivity (Wildman–Crippen MR) is 54.2 cm³/mol. The highest BCUT2D eigenvalue weighted by Gasteiger charge is 1.81. The molecule has 76 valence electrons. The van der Waals surface area contributed by atoms with Gasteiger partial charge in [0.15, 0.2) is 0 Å². The Morgan fingerprint density at radius 3 is 1.75 bits per heavy atom. The standard InChI is InChI=1S/C6H15N.C3H9NO/c1-3-5-7-6-4-2;1-3(4)2-5/h7H,3-6H2,1-2H3;3,5H,2,4H2,1H3. The van der Waals surface area contributed by atoms with Crippen LogP contribution in [0.3, 0.4) is 0 Å². The first kappa shape index (κ1) is 14.4. The van der Waals surface area contributed by atoms with Crippen molar-refractivity contribution in [1.82, 2.24) is 5.32 Å². The van der Waals surface area contributed by atoms with Gasteiger partial charge in [0.05, 0.1) is 6.61 Å². The van der Waals surface area contributed by atoms with Crippen LogP contribution in [-0.4, -0.2) is 30.8 Å². The molecule has 0 heterocycles. The van der Waals surface area contributed by atoms with Crippen molar-refractivity contribution in [3.63, 3.8) is 0 Å². The molecule has 0 bridgehead atoms. The van der Waals surface area contributed by atoms with Gasteiger partial charge in [-0.2, -0.15) is 0 Å². The molecule has 1 unspecified atom stereocenters. The summed E-state index contributed by atoms with van der Waals surface area (Å²) in [5.74, 6) is 0. The number of hydrogen-bond donors (Lipinski definition) is 3. The third-order valence-electron chi connectivity index (χ3n) is 1.14. The maximum atomic E-state index is 8.02. The zero-order valence-corrected chi connectivity index (χ0v) is 8.64. The Bertz CT molecular complexity index is 63.5. The summed E-state index contributed by atoms with van der Waals surface area (Å²) in [4.78, 5) is 0. The van der Waals surface area contributed by atoms with Gasteiger partial charge in [0.2, 0.25) is 0 Å². The number of nitrogens with two attached hydrogens (primary N) is 1. The summed E-state index contributed by atoms with van der Waals surface area (Å²) in [6, 6.07) is -0.0602. The number of nitrogens with one attached hydrogen (secondary N) is 1. The second-order valence-corrected chi connectivity index (χ2v) is 2.91. The highest BCUT2D eigenvalue weighted by atomic mass is 16.3. The largest absolute Gasteiger partial charge is 0.395 e. The van der Waals surface area contributed by atoms with Gasteiger partial charge in [-0.3, -0.25) is 0 Å². The van der Waals surface area contributed by atoms with Crippen molar-refractivity contribution >= 4 is 0 Å². The Labute approximate surface area is 76.3 Å². The normalized spacial score (nSPS) is 11.8. The molecular formula is C9H24N2O. The number of aliphatic hydroxyl groups is 1. The van der Waals surface area contributed by atoms with Crippen LogP contribution in [0.25, 0.3) is 0 Å². The van der Waals surface area contributed by atoms with Crippen LogP contribution < -0.4 is 11.1 Å². The molecule has 0 aliphatic rings. The summed E-state index contributed by atoms with van der Waals surface area (Å²) in [5, 5.41) is 11.3. The van der Waals surface area contributed by atoms with Crippen molar-refractivity contribution in [2.24, 2.45) is 5.73 Å². The molecule has 0 fully saturated rings. The van der Waals surface area contributed by atoms with Crippen molar-refractivity contribution < 1.29 is 5.11 Å². The minimum Gasteiger partial charge on any atom is -0.395 e. The summed E-state index contributed by atoms with van der Waals surface area (Å²) < 4.78 is 0. The summed E-state index contributed by atoms with van der Waals surface area (Å²) in [6.45, 7) is 8.55. The van der Waals surface area contributed by atoms with Gasteiger partial charge in [-0.15, -0.1) is 0 Å². The molecular weight excluding hydrogens is 152 g/mol. The Kier molecular flexibility index (Phi) is 16.2. The lowest BCUT2D eigenvalue weighted by Gasteiger charge is -1.95. The molecule has 0 aliphatic heterocycles. The average molecular weight is 176 g/mol. The summed E-state index contributed by atoms with van der Waals surface area (Å²) in [6.07, 6.45) is 2.50. The summed E-state index contributed by atoms with van der Waals surface area (Å²) in [7, 11) is 0. The first-order valence-electron chi connectivity index (χ1n) is 4.76. The van der Waals surface area contributed by atoms with Crippen molar-refractivity contribution in [3.8, 4) is 0 Å². The lowest BCUT2D eigenvalue weighted by atomic mass is 10.4. The minimum absolute atomic E-state index is 0.0602. The Hall–Kier alpha value is -0.120. The van der Waals surface area contributed by atoms with E-state index in [4.69, 9.17) is 10.8 Å². The lowest BCUT2D eigenvalue weighted by Crippen LogP contribution is -2.18. The van der Waals surface area contributed by atoms with E-state index in [2.05, 4.69) is 19.2 Å². The molecule has 1 atom stereocenters.